The Hall–Kier alpha value is -4.70. The van der Waals surface area contributed by atoms with Crippen LogP contribution in [-0.4, -0.2) is 22.8 Å². The van der Waals surface area contributed by atoms with Crippen LogP contribution in [0.4, 0.5) is 10.1 Å². The first-order chi connectivity index (χ1) is 16.5. The fourth-order valence-electron chi connectivity index (χ4n) is 3.38. The summed E-state index contributed by atoms with van der Waals surface area (Å²) in [7, 11) is 1.39. The van der Waals surface area contributed by atoms with Crippen LogP contribution >= 0.6 is 0 Å². The summed E-state index contributed by atoms with van der Waals surface area (Å²) in [5.74, 6) is -0.981. The summed E-state index contributed by atoms with van der Waals surface area (Å²) in [5, 5.41) is 17.0. The Morgan fingerprint density at radius 2 is 1.85 bits per heavy atom. The van der Waals surface area contributed by atoms with E-state index in [4.69, 9.17) is 4.74 Å². The topological polar surface area (TPSA) is 79.9 Å². The molecule has 6 nitrogen and oxygen atoms in total. The monoisotopic (exact) mass is 452 g/mol. The number of carbonyl (C=O) groups excluding carboxylic acids is 1. The second kappa shape index (κ2) is 9.84. The van der Waals surface area contributed by atoms with Gasteiger partial charge in [0.1, 0.15) is 17.3 Å². The average molecular weight is 452 g/mol. The summed E-state index contributed by atoms with van der Waals surface area (Å²) in [5.41, 5.74) is 3.69. The van der Waals surface area contributed by atoms with Gasteiger partial charge in [-0.15, -0.1) is 0 Å². The second-order valence-corrected chi connectivity index (χ2v) is 7.55. The number of nitriles is 1. The molecule has 0 fully saturated rings. The number of hydrogen-bond acceptors (Lipinski definition) is 4. The number of benzene rings is 3. The number of carbonyl (C=O) groups is 1. The van der Waals surface area contributed by atoms with E-state index in [9.17, 15) is 14.4 Å². The molecule has 0 atom stereocenters. The first-order valence-electron chi connectivity index (χ1n) is 10.5. The molecule has 0 unspecified atom stereocenters. The maximum Gasteiger partial charge on any atom is 0.266 e. The Balaban J connectivity index is 1.77. The van der Waals surface area contributed by atoms with Gasteiger partial charge in [0.05, 0.1) is 12.8 Å². The van der Waals surface area contributed by atoms with E-state index in [2.05, 4.69) is 10.4 Å². The number of aryl methyl sites for hydroxylation is 1. The molecular weight excluding hydrogens is 431 g/mol. The maximum atomic E-state index is 14.4. The lowest BCUT2D eigenvalue weighted by molar-refractivity contribution is -0.112. The minimum Gasteiger partial charge on any atom is -0.494 e. The predicted octanol–water partition coefficient (Wildman–Crippen LogP) is 5.54. The Bertz CT molecular complexity index is 1400. The number of ether oxygens (including phenoxy) is 1. The highest BCUT2D eigenvalue weighted by atomic mass is 19.1. The van der Waals surface area contributed by atoms with Gasteiger partial charge in [0.15, 0.2) is 11.6 Å². The quantitative estimate of drug-likeness (QED) is 0.308. The van der Waals surface area contributed by atoms with Crippen molar-refractivity contribution in [3.63, 3.8) is 0 Å². The van der Waals surface area contributed by atoms with Crippen LogP contribution in [0.1, 0.15) is 11.1 Å². The molecule has 4 rings (SSSR count). The van der Waals surface area contributed by atoms with E-state index in [0.29, 0.717) is 22.5 Å². The molecule has 3 aromatic carbocycles. The van der Waals surface area contributed by atoms with E-state index in [1.54, 1.807) is 29.1 Å². The van der Waals surface area contributed by atoms with Crippen molar-refractivity contribution in [2.75, 3.05) is 12.4 Å². The van der Waals surface area contributed by atoms with Gasteiger partial charge < -0.3 is 10.1 Å². The summed E-state index contributed by atoms with van der Waals surface area (Å²) in [4.78, 5) is 12.8. The van der Waals surface area contributed by atoms with Crippen molar-refractivity contribution >= 4 is 17.7 Å². The molecule has 168 valence electrons. The highest BCUT2D eigenvalue weighted by Crippen LogP contribution is 2.29. The SMILES string of the molecule is COc1ccc(-c2nn(-c3ccccc3)cc2C=C(C#N)C(=O)Nc2ccc(C)cc2)cc1F. The number of aromatic nitrogens is 2. The molecule has 0 saturated carbocycles. The molecule has 7 heteroatoms. The van der Waals surface area contributed by atoms with Gasteiger partial charge >= 0.3 is 0 Å². The third kappa shape index (κ3) is 4.87. The molecule has 0 aliphatic heterocycles. The van der Waals surface area contributed by atoms with E-state index >= 15 is 0 Å². The van der Waals surface area contributed by atoms with Crippen LogP contribution in [0.5, 0.6) is 5.75 Å². The molecule has 0 saturated heterocycles. The zero-order chi connectivity index (χ0) is 24.1. The van der Waals surface area contributed by atoms with Crippen molar-refractivity contribution in [1.29, 1.82) is 5.26 Å². The molecular formula is C27H21FN4O2. The van der Waals surface area contributed by atoms with Gasteiger partial charge in [-0.3, -0.25) is 4.79 Å². The number of rotatable bonds is 6. The van der Waals surface area contributed by atoms with Gasteiger partial charge in [-0.1, -0.05) is 35.9 Å². The predicted molar refractivity (Wildman–Crippen MR) is 129 cm³/mol. The summed E-state index contributed by atoms with van der Waals surface area (Å²) in [6.45, 7) is 1.94. The summed E-state index contributed by atoms with van der Waals surface area (Å²) in [6, 6.07) is 23.1. The van der Waals surface area contributed by atoms with Crippen molar-refractivity contribution in [2.24, 2.45) is 0 Å². The number of hydrogen-bond donors (Lipinski definition) is 1. The Morgan fingerprint density at radius 1 is 1.12 bits per heavy atom. The lowest BCUT2D eigenvalue weighted by Crippen LogP contribution is -2.13. The fraction of sp³-hybridized carbons (Fsp3) is 0.0741. The molecule has 0 aliphatic carbocycles. The minimum absolute atomic E-state index is 0.108. The average Bonchev–Trinajstić information content (AvgIpc) is 3.28. The van der Waals surface area contributed by atoms with Crippen molar-refractivity contribution in [3.05, 3.63) is 102 Å². The van der Waals surface area contributed by atoms with Crippen LogP contribution in [0.25, 0.3) is 23.0 Å². The number of halogens is 1. The van der Waals surface area contributed by atoms with E-state index in [1.807, 2.05) is 55.5 Å². The van der Waals surface area contributed by atoms with E-state index in [-0.39, 0.29) is 11.3 Å². The van der Waals surface area contributed by atoms with Gasteiger partial charge in [0, 0.05) is 23.0 Å². The molecule has 34 heavy (non-hydrogen) atoms. The molecule has 0 bridgehead atoms. The zero-order valence-corrected chi connectivity index (χ0v) is 18.6. The number of nitrogens with zero attached hydrogens (tertiary/aromatic N) is 3. The van der Waals surface area contributed by atoms with E-state index < -0.39 is 11.7 Å². The highest BCUT2D eigenvalue weighted by molar-refractivity contribution is 6.10. The summed E-state index contributed by atoms with van der Waals surface area (Å²) < 4.78 is 21.1. The highest BCUT2D eigenvalue weighted by Gasteiger charge is 2.17. The van der Waals surface area contributed by atoms with Gasteiger partial charge in [0.2, 0.25) is 0 Å². The minimum atomic E-state index is -0.550. The number of anilines is 1. The number of nitrogens with one attached hydrogen (secondary N) is 1. The van der Waals surface area contributed by atoms with Crippen LogP contribution in [0.2, 0.25) is 0 Å². The molecule has 0 radical (unpaired) electrons. The lowest BCUT2D eigenvalue weighted by Gasteiger charge is -2.06. The number of methoxy groups -OCH3 is 1. The number of para-hydroxylation sites is 1. The van der Waals surface area contributed by atoms with Crippen LogP contribution in [0, 0.1) is 24.1 Å². The van der Waals surface area contributed by atoms with E-state index in [0.717, 1.165) is 11.3 Å². The number of amides is 1. The van der Waals surface area contributed by atoms with Gasteiger partial charge in [-0.25, -0.2) is 9.07 Å². The maximum absolute atomic E-state index is 14.4. The van der Waals surface area contributed by atoms with Gasteiger partial charge in [0.25, 0.3) is 5.91 Å². The standard InChI is InChI=1S/C27H21FN4O2/c1-18-8-11-22(12-9-18)30-27(33)20(16-29)14-21-17-32(23-6-4-3-5-7-23)31-26(21)19-10-13-25(34-2)24(28)15-19/h3-15,17H,1-2H3,(H,30,33). The van der Waals surface area contributed by atoms with Gasteiger partial charge in [-0.05, 0) is 55.5 Å². The molecule has 0 aliphatic rings. The first-order valence-corrected chi connectivity index (χ1v) is 10.5. The van der Waals surface area contributed by atoms with E-state index in [1.165, 1.54) is 25.3 Å². The molecule has 1 aromatic heterocycles. The Kier molecular flexibility index (Phi) is 6.51. The third-order valence-electron chi connectivity index (χ3n) is 5.16. The van der Waals surface area contributed by atoms with Crippen molar-refractivity contribution in [3.8, 4) is 28.8 Å². The normalized spacial score (nSPS) is 11.1. The zero-order valence-electron chi connectivity index (χ0n) is 18.6. The van der Waals surface area contributed by atoms with Crippen molar-refractivity contribution < 1.29 is 13.9 Å². The second-order valence-electron chi connectivity index (χ2n) is 7.55. The van der Waals surface area contributed by atoms with Gasteiger partial charge in [-0.2, -0.15) is 10.4 Å². The molecule has 1 N–H and O–H groups in total. The largest absolute Gasteiger partial charge is 0.494 e. The first kappa shape index (κ1) is 22.5. The fourth-order valence-corrected chi connectivity index (χ4v) is 3.38. The Morgan fingerprint density at radius 3 is 2.50 bits per heavy atom. The molecule has 4 aromatic rings. The van der Waals surface area contributed by atoms with Crippen LogP contribution < -0.4 is 10.1 Å². The smallest absolute Gasteiger partial charge is 0.266 e. The van der Waals surface area contributed by atoms with Crippen molar-refractivity contribution in [1.82, 2.24) is 9.78 Å². The van der Waals surface area contributed by atoms with Crippen LogP contribution in [-0.2, 0) is 4.79 Å². The Labute approximate surface area is 196 Å². The molecule has 0 spiro atoms. The van der Waals surface area contributed by atoms with Crippen LogP contribution in [0.3, 0.4) is 0 Å². The van der Waals surface area contributed by atoms with Crippen molar-refractivity contribution in [2.45, 2.75) is 6.92 Å². The summed E-state index contributed by atoms with van der Waals surface area (Å²) >= 11 is 0. The molecule has 1 heterocycles. The molecule has 1 amide bonds. The summed E-state index contributed by atoms with van der Waals surface area (Å²) in [6.07, 6.45) is 3.15. The lowest BCUT2D eigenvalue weighted by atomic mass is 10.1. The third-order valence-corrected chi connectivity index (χ3v) is 5.16. The van der Waals surface area contributed by atoms with Crippen LogP contribution in [0.15, 0.2) is 84.6 Å².